The number of thiazole rings is 1. The van der Waals surface area contributed by atoms with Crippen molar-refractivity contribution in [3.8, 4) is 28.3 Å². The summed E-state index contributed by atoms with van der Waals surface area (Å²) in [4.78, 5) is 29.2. The van der Waals surface area contributed by atoms with Gasteiger partial charge in [-0.05, 0) is 31.2 Å². The molecule has 0 unspecified atom stereocenters. The summed E-state index contributed by atoms with van der Waals surface area (Å²) < 4.78 is 3.44. The zero-order chi connectivity index (χ0) is 25.5. The van der Waals surface area contributed by atoms with Crippen molar-refractivity contribution < 1.29 is 4.92 Å². The van der Waals surface area contributed by atoms with Gasteiger partial charge in [-0.15, -0.1) is 5.10 Å². The molecule has 0 aliphatic carbocycles. The minimum Gasteiger partial charge on any atom is -0.266 e. The largest absolute Gasteiger partial charge is 0.291 e. The van der Waals surface area contributed by atoms with Gasteiger partial charge in [-0.2, -0.15) is 14.6 Å². The van der Waals surface area contributed by atoms with E-state index in [1.165, 1.54) is 28.0 Å². The number of nitro benzene ring substituents is 1. The van der Waals surface area contributed by atoms with Crippen LogP contribution < -0.4 is 10.1 Å². The van der Waals surface area contributed by atoms with Crippen LogP contribution in [-0.4, -0.2) is 29.3 Å². The Labute approximate surface area is 213 Å². The number of hydrogen-bond donors (Lipinski definition) is 0. The maximum Gasteiger partial charge on any atom is 0.291 e. The molecule has 3 aromatic heterocycles. The van der Waals surface area contributed by atoms with Crippen molar-refractivity contribution in [2.75, 3.05) is 0 Å². The van der Waals surface area contributed by atoms with E-state index in [9.17, 15) is 14.9 Å². The zero-order valence-corrected chi connectivity index (χ0v) is 20.3. The van der Waals surface area contributed by atoms with Gasteiger partial charge in [0, 0.05) is 35.0 Å². The molecule has 0 atom stereocenters. The average Bonchev–Trinajstić information content (AvgIpc) is 3.60. The van der Waals surface area contributed by atoms with Crippen molar-refractivity contribution in [1.29, 1.82) is 0 Å². The fourth-order valence-corrected chi connectivity index (χ4v) is 4.98. The minimum absolute atomic E-state index is 0.0373. The predicted molar refractivity (Wildman–Crippen MR) is 142 cm³/mol. The molecular weight excluding hydrogens is 488 g/mol. The first-order valence-electron chi connectivity index (χ1n) is 11.3. The SMILES string of the molecule is Cc1cccc(-c2nc3sc(=Cc4cn(-c5ccccc5)nc4-c4cccc([N+](=O)[O-])c4)c(=O)n3n2)c1. The Morgan fingerprint density at radius 1 is 0.946 bits per heavy atom. The van der Waals surface area contributed by atoms with Gasteiger partial charge in [0.2, 0.25) is 4.96 Å². The standard InChI is InChI=1S/C27H18N6O3S/c1-17-7-5-9-19(13-17)25-28-27-32(30-25)26(34)23(37-27)15-20-16-31(21-10-3-2-4-11-21)29-24(20)18-8-6-12-22(14-18)33(35)36/h2-16H,1H3. The topological polar surface area (TPSA) is 108 Å². The fraction of sp³-hybridized carbons (Fsp3) is 0.0370. The van der Waals surface area contributed by atoms with E-state index in [-0.39, 0.29) is 11.2 Å². The van der Waals surface area contributed by atoms with Gasteiger partial charge in [-0.3, -0.25) is 14.9 Å². The molecule has 0 saturated carbocycles. The zero-order valence-electron chi connectivity index (χ0n) is 19.5. The van der Waals surface area contributed by atoms with Crippen LogP contribution in [0.15, 0.2) is 89.9 Å². The molecule has 0 aliphatic rings. The van der Waals surface area contributed by atoms with Crippen molar-refractivity contribution in [1.82, 2.24) is 24.4 Å². The molecule has 0 N–H and O–H groups in total. The lowest BCUT2D eigenvalue weighted by Gasteiger charge is -2.00. The van der Waals surface area contributed by atoms with Crippen LogP contribution in [-0.2, 0) is 0 Å². The highest BCUT2D eigenvalue weighted by Crippen LogP contribution is 2.27. The number of nitro groups is 1. The number of para-hydroxylation sites is 1. The van der Waals surface area contributed by atoms with E-state index in [1.807, 2.05) is 61.5 Å². The summed E-state index contributed by atoms with van der Waals surface area (Å²) in [5, 5.41) is 20.5. The Balaban J connectivity index is 1.50. The Hall–Kier alpha value is -4.96. The predicted octanol–water partition coefficient (Wildman–Crippen LogP) is 4.44. The van der Waals surface area contributed by atoms with Gasteiger partial charge < -0.3 is 0 Å². The van der Waals surface area contributed by atoms with E-state index in [0.29, 0.717) is 32.1 Å². The van der Waals surface area contributed by atoms with Crippen LogP contribution in [0.1, 0.15) is 11.1 Å². The van der Waals surface area contributed by atoms with E-state index in [2.05, 4.69) is 10.1 Å². The second-order valence-electron chi connectivity index (χ2n) is 8.44. The Bertz CT molecular complexity index is 1910. The third-order valence-electron chi connectivity index (χ3n) is 5.84. The van der Waals surface area contributed by atoms with E-state index in [0.717, 1.165) is 16.8 Å². The van der Waals surface area contributed by atoms with Crippen LogP contribution in [0.5, 0.6) is 0 Å². The molecule has 0 radical (unpaired) electrons. The molecular formula is C27H18N6O3S. The first kappa shape index (κ1) is 22.5. The van der Waals surface area contributed by atoms with Crippen molar-refractivity contribution >= 4 is 28.1 Å². The lowest BCUT2D eigenvalue weighted by molar-refractivity contribution is -0.384. The first-order valence-corrected chi connectivity index (χ1v) is 12.2. The number of non-ortho nitro benzene ring substituents is 1. The van der Waals surface area contributed by atoms with E-state index in [4.69, 9.17) is 5.10 Å². The maximum atomic E-state index is 13.2. The van der Waals surface area contributed by atoms with Crippen molar-refractivity contribution in [2.24, 2.45) is 0 Å². The van der Waals surface area contributed by atoms with Gasteiger partial charge in [0.1, 0.15) is 5.69 Å². The molecule has 37 heavy (non-hydrogen) atoms. The van der Waals surface area contributed by atoms with Gasteiger partial charge in [0.25, 0.3) is 11.2 Å². The highest BCUT2D eigenvalue weighted by molar-refractivity contribution is 7.15. The molecule has 3 heterocycles. The molecule has 0 aliphatic heterocycles. The monoisotopic (exact) mass is 506 g/mol. The molecule has 0 saturated heterocycles. The molecule has 0 fully saturated rings. The van der Waals surface area contributed by atoms with Crippen LogP contribution >= 0.6 is 11.3 Å². The summed E-state index contributed by atoms with van der Waals surface area (Å²) in [5.74, 6) is 0.493. The van der Waals surface area contributed by atoms with Gasteiger partial charge in [-0.25, -0.2) is 4.68 Å². The van der Waals surface area contributed by atoms with Gasteiger partial charge in [0.15, 0.2) is 5.82 Å². The molecule has 0 spiro atoms. The van der Waals surface area contributed by atoms with Crippen LogP contribution in [0.25, 0.3) is 39.4 Å². The molecule has 0 amide bonds. The number of rotatable bonds is 5. The average molecular weight is 507 g/mol. The first-order chi connectivity index (χ1) is 18.0. The number of benzene rings is 3. The summed E-state index contributed by atoms with van der Waals surface area (Å²) in [6, 6.07) is 23.6. The smallest absolute Gasteiger partial charge is 0.266 e. The van der Waals surface area contributed by atoms with E-state index < -0.39 is 4.92 Å². The molecule has 10 heteroatoms. The van der Waals surface area contributed by atoms with Gasteiger partial charge >= 0.3 is 0 Å². The molecule has 3 aromatic carbocycles. The summed E-state index contributed by atoms with van der Waals surface area (Å²) in [5.41, 5.74) is 4.16. The number of fused-ring (bicyclic) bond motifs is 1. The Kier molecular flexibility index (Phi) is 5.42. The maximum absolute atomic E-state index is 13.2. The molecule has 9 nitrogen and oxygen atoms in total. The number of aromatic nitrogens is 5. The molecule has 6 rings (SSSR count). The van der Waals surface area contributed by atoms with Crippen molar-refractivity contribution in [3.05, 3.63) is 121 Å². The van der Waals surface area contributed by atoms with Gasteiger partial charge in [-0.1, -0.05) is 65.4 Å². The summed E-state index contributed by atoms with van der Waals surface area (Å²) in [6.45, 7) is 1.99. The highest BCUT2D eigenvalue weighted by atomic mass is 32.1. The van der Waals surface area contributed by atoms with Crippen LogP contribution in [0.3, 0.4) is 0 Å². The van der Waals surface area contributed by atoms with Crippen molar-refractivity contribution in [2.45, 2.75) is 6.92 Å². The highest BCUT2D eigenvalue weighted by Gasteiger charge is 2.16. The lowest BCUT2D eigenvalue weighted by atomic mass is 10.1. The number of aryl methyl sites for hydroxylation is 1. The van der Waals surface area contributed by atoms with Crippen LogP contribution in [0, 0.1) is 17.0 Å². The lowest BCUT2D eigenvalue weighted by Crippen LogP contribution is -2.23. The molecule has 180 valence electrons. The Morgan fingerprint density at radius 3 is 2.49 bits per heavy atom. The summed E-state index contributed by atoms with van der Waals surface area (Å²) >= 11 is 1.23. The minimum atomic E-state index is -0.442. The second-order valence-corrected chi connectivity index (χ2v) is 9.44. The van der Waals surface area contributed by atoms with E-state index >= 15 is 0 Å². The number of nitrogens with zero attached hydrogens (tertiary/aromatic N) is 6. The normalized spacial score (nSPS) is 11.9. The summed E-state index contributed by atoms with van der Waals surface area (Å²) in [6.07, 6.45) is 3.54. The van der Waals surface area contributed by atoms with E-state index in [1.54, 1.807) is 29.1 Å². The summed E-state index contributed by atoms with van der Waals surface area (Å²) in [7, 11) is 0. The second kappa shape index (κ2) is 8.92. The quantitative estimate of drug-likeness (QED) is 0.253. The molecule has 6 aromatic rings. The Morgan fingerprint density at radius 2 is 1.73 bits per heavy atom. The van der Waals surface area contributed by atoms with Crippen LogP contribution in [0.2, 0.25) is 0 Å². The van der Waals surface area contributed by atoms with Crippen molar-refractivity contribution in [3.63, 3.8) is 0 Å². The third kappa shape index (κ3) is 4.19. The molecule has 0 bridgehead atoms. The fourth-order valence-electron chi connectivity index (χ4n) is 4.08. The van der Waals surface area contributed by atoms with Crippen LogP contribution in [0.4, 0.5) is 5.69 Å². The third-order valence-corrected chi connectivity index (χ3v) is 6.80. The number of hydrogen-bond acceptors (Lipinski definition) is 7. The van der Waals surface area contributed by atoms with Gasteiger partial charge in [0.05, 0.1) is 15.1 Å².